The highest BCUT2D eigenvalue weighted by molar-refractivity contribution is 9.10. The summed E-state index contributed by atoms with van der Waals surface area (Å²) in [6.07, 6.45) is -0.741. The SMILES string of the molecule is OC(Cc1cc(F)ccc1Br)c1ccc(F)cc1Cl. The minimum absolute atomic E-state index is 0.153. The molecule has 1 N–H and O–H groups in total. The molecule has 19 heavy (non-hydrogen) atoms. The third-order valence-corrected chi connectivity index (χ3v) is 3.84. The molecule has 1 unspecified atom stereocenters. The summed E-state index contributed by atoms with van der Waals surface area (Å²) >= 11 is 9.17. The summed E-state index contributed by atoms with van der Waals surface area (Å²) in [5.74, 6) is -0.844. The standard InChI is InChI=1S/C14H10BrClF2O/c15-12-4-2-9(17)5-8(12)6-14(19)11-3-1-10(18)7-13(11)16/h1-5,7,14,19H,6H2. The summed E-state index contributed by atoms with van der Waals surface area (Å²) in [5, 5.41) is 10.3. The van der Waals surface area contributed by atoms with E-state index in [0.29, 0.717) is 15.6 Å². The average molecular weight is 348 g/mol. The fourth-order valence-electron chi connectivity index (χ4n) is 1.79. The lowest BCUT2D eigenvalue weighted by Crippen LogP contribution is -2.04. The van der Waals surface area contributed by atoms with Gasteiger partial charge in [-0.25, -0.2) is 8.78 Å². The lowest BCUT2D eigenvalue weighted by molar-refractivity contribution is 0.178. The normalized spacial score (nSPS) is 12.5. The number of hydrogen-bond donors (Lipinski definition) is 1. The van der Waals surface area contributed by atoms with E-state index in [1.165, 1.54) is 24.3 Å². The van der Waals surface area contributed by atoms with Crippen LogP contribution in [0.15, 0.2) is 40.9 Å². The maximum atomic E-state index is 13.2. The summed E-state index contributed by atoms with van der Waals surface area (Å²) in [6, 6.07) is 8.03. The molecular formula is C14H10BrClF2O. The van der Waals surface area contributed by atoms with Gasteiger partial charge in [0, 0.05) is 15.9 Å². The smallest absolute Gasteiger partial charge is 0.124 e. The largest absolute Gasteiger partial charge is 0.388 e. The Morgan fingerprint density at radius 3 is 2.42 bits per heavy atom. The third-order valence-electron chi connectivity index (χ3n) is 2.74. The number of aliphatic hydroxyl groups is 1. The zero-order valence-corrected chi connectivity index (χ0v) is 12.0. The molecule has 0 fully saturated rings. The van der Waals surface area contributed by atoms with E-state index < -0.39 is 11.9 Å². The van der Waals surface area contributed by atoms with Gasteiger partial charge in [-0.05, 0) is 41.5 Å². The minimum atomic E-state index is -0.925. The lowest BCUT2D eigenvalue weighted by atomic mass is 10.0. The third kappa shape index (κ3) is 3.53. The van der Waals surface area contributed by atoms with Crippen molar-refractivity contribution in [1.29, 1.82) is 0 Å². The van der Waals surface area contributed by atoms with Gasteiger partial charge in [0.2, 0.25) is 0 Å². The quantitative estimate of drug-likeness (QED) is 0.856. The van der Waals surface area contributed by atoms with E-state index in [2.05, 4.69) is 15.9 Å². The van der Waals surface area contributed by atoms with Gasteiger partial charge in [-0.3, -0.25) is 0 Å². The first kappa shape index (κ1) is 14.4. The van der Waals surface area contributed by atoms with Crippen LogP contribution in [0.4, 0.5) is 8.78 Å². The molecule has 0 heterocycles. The first-order valence-corrected chi connectivity index (χ1v) is 6.71. The van der Waals surface area contributed by atoms with Crippen LogP contribution in [0.25, 0.3) is 0 Å². The number of halogens is 4. The van der Waals surface area contributed by atoms with Crippen LogP contribution in [0.2, 0.25) is 5.02 Å². The molecule has 5 heteroatoms. The molecule has 0 saturated heterocycles. The van der Waals surface area contributed by atoms with Gasteiger partial charge in [0.25, 0.3) is 0 Å². The van der Waals surface area contributed by atoms with Crippen LogP contribution in [-0.4, -0.2) is 5.11 Å². The molecule has 0 aliphatic carbocycles. The second-order valence-electron chi connectivity index (χ2n) is 4.12. The van der Waals surface area contributed by atoms with Gasteiger partial charge in [0.1, 0.15) is 11.6 Å². The molecule has 100 valence electrons. The Kier molecular flexibility index (Phi) is 4.55. The van der Waals surface area contributed by atoms with Crippen molar-refractivity contribution in [3.05, 3.63) is 68.7 Å². The highest BCUT2D eigenvalue weighted by Gasteiger charge is 2.15. The molecule has 2 rings (SSSR count). The molecule has 0 radical (unpaired) electrons. The van der Waals surface area contributed by atoms with Crippen LogP contribution < -0.4 is 0 Å². The highest BCUT2D eigenvalue weighted by atomic mass is 79.9. The molecule has 1 atom stereocenters. The van der Waals surface area contributed by atoms with E-state index in [4.69, 9.17) is 11.6 Å². The monoisotopic (exact) mass is 346 g/mol. The predicted octanol–water partition coefficient (Wildman–Crippen LogP) is 4.66. The van der Waals surface area contributed by atoms with Crippen molar-refractivity contribution in [2.45, 2.75) is 12.5 Å². The average Bonchev–Trinajstić information content (AvgIpc) is 2.33. The Hall–Kier alpha value is -0.970. The van der Waals surface area contributed by atoms with Crippen molar-refractivity contribution in [1.82, 2.24) is 0 Å². The zero-order chi connectivity index (χ0) is 14.0. The number of aliphatic hydroxyl groups excluding tert-OH is 1. The predicted molar refractivity (Wildman–Crippen MR) is 74.2 cm³/mol. The molecule has 0 saturated carbocycles. The van der Waals surface area contributed by atoms with Gasteiger partial charge in [0.15, 0.2) is 0 Å². The summed E-state index contributed by atoms with van der Waals surface area (Å²) in [7, 11) is 0. The van der Waals surface area contributed by atoms with Crippen LogP contribution in [0.3, 0.4) is 0 Å². The Bertz CT molecular complexity index is 604. The van der Waals surface area contributed by atoms with Crippen LogP contribution in [0, 0.1) is 11.6 Å². The minimum Gasteiger partial charge on any atom is -0.388 e. The molecule has 0 amide bonds. The molecule has 1 nitrogen and oxygen atoms in total. The van der Waals surface area contributed by atoms with Crippen LogP contribution >= 0.6 is 27.5 Å². The molecule has 0 aliphatic rings. The van der Waals surface area contributed by atoms with Crippen LogP contribution in [0.1, 0.15) is 17.2 Å². The molecule has 0 spiro atoms. The number of benzene rings is 2. The fourth-order valence-corrected chi connectivity index (χ4v) is 2.49. The Morgan fingerprint density at radius 2 is 1.74 bits per heavy atom. The van der Waals surface area contributed by atoms with Crippen molar-refractivity contribution >= 4 is 27.5 Å². The molecule has 0 bridgehead atoms. The van der Waals surface area contributed by atoms with Crippen molar-refractivity contribution < 1.29 is 13.9 Å². The van der Waals surface area contributed by atoms with E-state index in [9.17, 15) is 13.9 Å². The Morgan fingerprint density at radius 1 is 1.11 bits per heavy atom. The first-order chi connectivity index (χ1) is 8.97. The maximum Gasteiger partial charge on any atom is 0.124 e. The Balaban J connectivity index is 2.25. The fraction of sp³-hybridized carbons (Fsp3) is 0.143. The van der Waals surface area contributed by atoms with Crippen molar-refractivity contribution in [2.75, 3.05) is 0 Å². The van der Waals surface area contributed by atoms with Crippen molar-refractivity contribution in [3.8, 4) is 0 Å². The summed E-state index contributed by atoms with van der Waals surface area (Å²) < 4.78 is 26.8. The lowest BCUT2D eigenvalue weighted by Gasteiger charge is -2.14. The van der Waals surface area contributed by atoms with Crippen LogP contribution in [-0.2, 0) is 6.42 Å². The van der Waals surface area contributed by atoms with E-state index >= 15 is 0 Å². The zero-order valence-electron chi connectivity index (χ0n) is 9.71. The summed E-state index contributed by atoms with van der Waals surface area (Å²) in [4.78, 5) is 0. The van der Waals surface area contributed by atoms with E-state index in [1.807, 2.05) is 0 Å². The first-order valence-electron chi connectivity index (χ1n) is 5.54. The molecule has 0 aliphatic heterocycles. The molecule has 2 aromatic carbocycles. The highest BCUT2D eigenvalue weighted by Crippen LogP contribution is 2.29. The number of rotatable bonds is 3. The summed E-state index contributed by atoms with van der Waals surface area (Å²) in [5.41, 5.74) is 1.03. The van der Waals surface area contributed by atoms with Gasteiger partial charge in [-0.15, -0.1) is 0 Å². The van der Waals surface area contributed by atoms with Gasteiger partial charge in [-0.1, -0.05) is 33.6 Å². The van der Waals surface area contributed by atoms with E-state index in [-0.39, 0.29) is 17.3 Å². The second kappa shape index (κ2) is 5.99. The van der Waals surface area contributed by atoms with Crippen LogP contribution in [0.5, 0.6) is 0 Å². The van der Waals surface area contributed by atoms with Crippen molar-refractivity contribution in [3.63, 3.8) is 0 Å². The van der Waals surface area contributed by atoms with Gasteiger partial charge < -0.3 is 5.11 Å². The van der Waals surface area contributed by atoms with Crippen molar-refractivity contribution in [2.24, 2.45) is 0 Å². The van der Waals surface area contributed by atoms with Gasteiger partial charge in [-0.2, -0.15) is 0 Å². The van der Waals surface area contributed by atoms with Gasteiger partial charge >= 0.3 is 0 Å². The molecular weight excluding hydrogens is 338 g/mol. The molecule has 0 aromatic heterocycles. The number of hydrogen-bond acceptors (Lipinski definition) is 1. The maximum absolute atomic E-state index is 13.2. The molecule has 2 aromatic rings. The Labute approximate surface area is 123 Å². The summed E-state index contributed by atoms with van der Waals surface area (Å²) in [6.45, 7) is 0. The second-order valence-corrected chi connectivity index (χ2v) is 5.38. The van der Waals surface area contributed by atoms with Gasteiger partial charge in [0.05, 0.1) is 6.10 Å². The topological polar surface area (TPSA) is 20.2 Å². The van der Waals surface area contributed by atoms with E-state index in [0.717, 1.165) is 6.07 Å². The van der Waals surface area contributed by atoms with E-state index in [1.54, 1.807) is 6.07 Å².